The number of rotatable bonds is 2. The summed E-state index contributed by atoms with van der Waals surface area (Å²) in [5.41, 5.74) is 9.39. The number of nitrogens with two attached hydrogens (primary N) is 1. The lowest BCUT2D eigenvalue weighted by atomic mass is 10.1. The van der Waals surface area contributed by atoms with E-state index in [4.69, 9.17) is 28.9 Å². The van der Waals surface area contributed by atoms with E-state index in [1.807, 2.05) is 19.9 Å². The first-order valence-corrected chi connectivity index (χ1v) is 7.03. The maximum atomic E-state index is 12.1. The molecule has 2 amide bonds. The van der Waals surface area contributed by atoms with Gasteiger partial charge in [0.2, 0.25) is 0 Å². The van der Waals surface area contributed by atoms with Gasteiger partial charge in [0.1, 0.15) is 0 Å². The smallest absolute Gasteiger partial charge is 0.323 e. The minimum Gasteiger partial charge on any atom is -0.397 e. The summed E-state index contributed by atoms with van der Waals surface area (Å²) in [5, 5.41) is 6.28. The minimum absolute atomic E-state index is 0.406. The van der Waals surface area contributed by atoms with Gasteiger partial charge in [0.15, 0.2) is 0 Å². The van der Waals surface area contributed by atoms with Crippen molar-refractivity contribution in [3.8, 4) is 0 Å². The molecule has 4 N–H and O–H groups in total. The van der Waals surface area contributed by atoms with Gasteiger partial charge in [0, 0.05) is 5.02 Å². The molecule has 110 valence electrons. The molecule has 0 unspecified atom stereocenters. The lowest BCUT2D eigenvalue weighted by Gasteiger charge is -2.14. The van der Waals surface area contributed by atoms with Gasteiger partial charge in [0.05, 0.1) is 22.1 Å². The van der Waals surface area contributed by atoms with Gasteiger partial charge < -0.3 is 16.4 Å². The lowest BCUT2D eigenvalue weighted by Crippen LogP contribution is -2.21. The molecule has 0 fully saturated rings. The van der Waals surface area contributed by atoms with E-state index in [1.54, 1.807) is 24.3 Å². The Bertz CT molecular complexity index is 702. The molecule has 4 nitrogen and oxygen atoms in total. The molecule has 0 radical (unpaired) electrons. The van der Waals surface area contributed by atoms with E-state index < -0.39 is 6.03 Å². The summed E-state index contributed by atoms with van der Waals surface area (Å²) >= 11 is 11.9. The number of hydrogen-bond acceptors (Lipinski definition) is 2. The number of amides is 2. The van der Waals surface area contributed by atoms with Gasteiger partial charge in [-0.25, -0.2) is 4.79 Å². The number of carbonyl (C=O) groups excluding carboxylic acids is 1. The second-order valence-electron chi connectivity index (χ2n) is 4.67. The van der Waals surface area contributed by atoms with Gasteiger partial charge in [-0.05, 0) is 49.2 Å². The minimum atomic E-state index is -0.431. The predicted molar refractivity (Wildman–Crippen MR) is 89.4 cm³/mol. The molecular formula is C15H15Cl2N3O. The Morgan fingerprint density at radius 3 is 2.52 bits per heavy atom. The Morgan fingerprint density at radius 1 is 1.10 bits per heavy atom. The first-order valence-electron chi connectivity index (χ1n) is 6.27. The third kappa shape index (κ3) is 3.60. The zero-order valence-corrected chi connectivity index (χ0v) is 13.1. The van der Waals surface area contributed by atoms with E-state index in [-0.39, 0.29) is 0 Å². The molecule has 0 bridgehead atoms. The topological polar surface area (TPSA) is 67.1 Å². The average molecular weight is 324 g/mol. The average Bonchev–Trinajstić information content (AvgIpc) is 2.43. The number of nitrogen functional groups attached to an aromatic ring is 1. The van der Waals surface area contributed by atoms with Crippen molar-refractivity contribution in [1.29, 1.82) is 0 Å². The maximum absolute atomic E-state index is 12.1. The van der Waals surface area contributed by atoms with Crippen molar-refractivity contribution in [2.75, 3.05) is 16.4 Å². The Labute approximate surface area is 133 Å². The Hall–Kier alpha value is -1.91. The van der Waals surface area contributed by atoms with Gasteiger partial charge in [0.25, 0.3) is 0 Å². The van der Waals surface area contributed by atoms with Crippen molar-refractivity contribution < 1.29 is 4.79 Å². The van der Waals surface area contributed by atoms with Gasteiger partial charge >= 0.3 is 6.03 Å². The first kappa shape index (κ1) is 15.5. The Morgan fingerprint density at radius 2 is 1.81 bits per heavy atom. The van der Waals surface area contributed by atoms with Gasteiger partial charge in [-0.15, -0.1) is 0 Å². The van der Waals surface area contributed by atoms with Crippen LogP contribution >= 0.6 is 23.2 Å². The van der Waals surface area contributed by atoms with Crippen LogP contribution in [0.5, 0.6) is 0 Å². The second kappa shape index (κ2) is 6.24. The maximum Gasteiger partial charge on any atom is 0.323 e. The number of hydrogen-bond donors (Lipinski definition) is 3. The van der Waals surface area contributed by atoms with Crippen LogP contribution in [-0.2, 0) is 0 Å². The van der Waals surface area contributed by atoms with E-state index in [9.17, 15) is 4.79 Å². The highest BCUT2D eigenvalue weighted by molar-refractivity contribution is 6.35. The highest BCUT2D eigenvalue weighted by Crippen LogP contribution is 2.28. The molecule has 0 aromatic heterocycles. The molecule has 0 spiro atoms. The highest BCUT2D eigenvalue weighted by Gasteiger charge is 2.11. The van der Waals surface area contributed by atoms with Gasteiger partial charge in [-0.2, -0.15) is 0 Å². The van der Waals surface area contributed by atoms with Crippen molar-refractivity contribution in [2.24, 2.45) is 0 Å². The summed E-state index contributed by atoms with van der Waals surface area (Å²) in [4.78, 5) is 12.1. The van der Waals surface area contributed by atoms with Gasteiger partial charge in [-0.1, -0.05) is 29.3 Å². The van der Waals surface area contributed by atoms with Crippen LogP contribution in [0, 0.1) is 13.8 Å². The fourth-order valence-electron chi connectivity index (χ4n) is 1.86. The van der Waals surface area contributed by atoms with Crippen LogP contribution in [0.3, 0.4) is 0 Å². The van der Waals surface area contributed by atoms with Crippen LogP contribution in [-0.4, -0.2) is 6.03 Å². The highest BCUT2D eigenvalue weighted by atomic mass is 35.5. The third-order valence-electron chi connectivity index (χ3n) is 3.18. The second-order valence-corrected chi connectivity index (χ2v) is 5.52. The molecule has 0 saturated carbocycles. The number of carbonyl (C=O) groups is 1. The van der Waals surface area contributed by atoms with Crippen LogP contribution in [0.4, 0.5) is 21.9 Å². The van der Waals surface area contributed by atoms with Crippen molar-refractivity contribution in [3.63, 3.8) is 0 Å². The van der Waals surface area contributed by atoms with Crippen LogP contribution in [0.1, 0.15) is 11.1 Å². The molecule has 0 heterocycles. The number of nitrogens with one attached hydrogen (secondary N) is 2. The fraction of sp³-hybridized carbons (Fsp3) is 0.133. The SMILES string of the molecule is Cc1ccc(N)c(NC(=O)Nc2cc(Cl)ccc2Cl)c1C. The van der Waals surface area contributed by atoms with E-state index in [0.29, 0.717) is 27.1 Å². The number of anilines is 3. The van der Waals surface area contributed by atoms with E-state index in [1.165, 1.54) is 0 Å². The molecule has 2 aromatic rings. The lowest BCUT2D eigenvalue weighted by molar-refractivity contribution is 0.262. The molecule has 21 heavy (non-hydrogen) atoms. The van der Waals surface area contributed by atoms with Crippen molar-refractivity contribution >= 4 is 46.3 Å². The first-order chi connectivity index (χ1) is 9.88. The summed E-state index contributed by atoms with van der Waals surface area (Å²) in [5.74, 6) is 0. The quantitative estimate of drug-likeness (QED) is 0.692. The molecule has 6 heteroatoms. The Balaban J connectivity index is 2.20. The van der Waals surface area contributed by atoms with Crippen LogP contribution in [0.15, 0.2) is 30.3 Å². The van der Waals surface area contributed by atoms with Crippen LogP contribution < -0.4 is 16.4 Å². The van der Waals surface area contributed by atoms with Crippen LogP contribution in [0.25, 0.3) is 0 Å². The van der Waals surface area contributed by atoms with Gasteiger partial charge in [-0.3, -0.25) is 0 Å². The largest absolute Gasteiger partial charge is 0.397 e. The molecule has 0 aliphatic carbocycles. The summed E-state index contributed by atoms with van der Waals surface area (Å²) in [6.45, 7) is 3.85. The summed E-state index contributed by atoms with van der Waals surface area (Å²) in [6, 6.07) is 8.07. The standard InChI is InChI=1S/C15H15Cl2N3O/c1-8-3-6-12(18)14(9(8)2)20-15(21)19-13-7-10(16)4-5-11(13)17/h3-7H,18H2,1-2H3,(H2,19,20,21). The van der Waals surface area contributed by atoms with Crippen molar-refractivity contribution in [1.82, 2.24) is 0 Å². The fourth-order valence-corrected chi connectivity index (χ4v) is 2.20. The molecule has 0 aliphatic heterocycles. The van der Waals surface area contributed by atoms with Crippen molar-refractivity contribution in [2.45, 2.75) is 13.8 Å². The monoisotopic (exact) mass is 323 g/mol. The number of aryl methyl sites for hydroxylation is 1. The zero-order valence-electron chi connectivity index (χ0n) is 11.6. The van der Waals surface area contributed by atoms with E-state index in [2.05, 4.69) is 10.6 Å². The zero-order chi connectivity index (χ0) is 15.6. The normalized spacial score (nSPS) is 10.3. The number of urea groups is 1. The number of halogens is 2. The molecule has 0 atom stereocenters. The predicted octanol–water partition coefficient (Wildman–Crippen LogP) is 4.84. The summed E-state index contributed by atoms with van der Waals surface area (Å²) in [6.07, 6.45) is 0. The molecule has 2 rings (SSSR count). The molecular weight excluding hydrogens is 309 g/mol. The molecule has 0 aliphatic rings. The third-order valence-corrected chi connectivity index (χ3v) is 3.75. The summed E-state index contributed by atoms with van der Waals surface area (Å²) < 4.78 is 0. The van der Waals surface area contributed by atoms with E-state index >= 15 is 0 Å². The Kier molecular flexibility index (Phi) is 4.60. The number of benzene rings is 2. The summed E-state index contributed by atoms with van der Waals surface area (Å²) in [7, 11) is 0. The van der Waals surface area contributed by atoms with E-state index in [0.717, 1.165) is 11.1 Å². The van der Waals surface area contributed by atoms with Crippen LogP contribution in [0.2, 0.25) is 10.0 Å². The molecule has 0 saturated heterocycles. The molecule has 2 aromatic carbocycles. The van der Waals surface area contributed by atoms with Crippen molar-refractivity contribution in [3.05, 3.63) is 51.5 Å².